The molecule has 3 aromatic rings. The Labute approximate surface area is 145 Å². The van der Waals surface area contributed by atoms with Gasteiger partial charge in [-0.2, -0.15) is 5.11 Å². The highest BCUT2D eigenvalue weighted by molar-refractivity contribution is 7.91. The first-order valence-electron chi connectivity index (χ1n) is 7.57. The van der Waals surface area contributed by atoms with Crippen LogP contribution in [0.15, 0.2) is 75.8 Å². The van der Waals surface area contributed by atoms with Gasteiger partial charge in [0.05, 0.1) is 22.9 Å². The number of aliphatic hydroxyl groups excluding tert-OH is 1. The number of phenols is 1. The van der Waals surface area contributed by atoms with E-state index in [1.54, 1.807) is 24.3 Å². The molecule has 0 saturated carbocycles. The molecule has 6 nitrogen and oxygen atoms in total. The lowest BCUT2D eigenvalue weighted by molar-refractivity contribution is 0.319. The van der Waals surface area contributed by atoms with Crippen LogP contribution in [0.4, 0.5) is 11.4 Å². The number of aliphatic hydroxyl groups is 1. The first kappa shape index (κ1) is 17.1. The average Bonchev–Trinajstić information content (AvgIpc) is 2.61. The summed E-state index contributed by atoms with van der Waals surface area (Å²) in [6.07, 6.45) is 0. The number of benzene rings is 3. The molecule has 0 amide bonds. The predicted molar refractivity (Wildman–Crippen MR) is 95.4 cm³/mol. The molecule has 0 aromatic heterocycles. The van der Waals surface area contributed by atoms with Gasteiger partial charge in [-0.05, 0) is 29.7 Å². The van der Waals surface area contributed by atoms with Crippen LogP contribution < -0.4 is 0 Å². The largest absolute Gasteiger partial charge is 0.506 e. The number of phenolic OH excluding ortho intramolecular Hbond substituents is 1. The molecule has 0 aliphatic rings. The van der Waals surface area contributed by atoms with Crippen molar-refractivity contribution in [3.63, 3.8) is 0 Å². The van der Waals surface area contributed by atoms with Crippen molar-refractivity contribution in [3.05, 3.63) is 60.7 Å². The Balaban J connectivity index is 2.00. The van der Waals surface area contributed by atoms with Gasteiger partial charge in [-0.1, -0.05) is 36.4 Å². The van der Waals surface area contributed by atoms with Crippen LogP contribution in [-0.4, -0.2) is 31.0 Å². The van der Waals surface area contributed by atoms with Crippen molar-refractivity contribution in [2.45, 2.75) is 4.90 Å². The van der Waals surface area contributed by atoms with Crippen LogP contribution in [0, 0.1) is 0 Å². The molecule has 0 unspecified atom stereocenters. The number of sulfone groups is 1. The summed E-state index contributed by atoms with van der Waals surface area (Å²) < 4.78 is 24.0. The average molecular weight is 356 g/mol. The third kappa shape index (κ3) is 3.67. The zero-order valence-electron chi connectivity index (χ0n) is 13.2. The highest BCUT2D eigenvalue weighted by Gasteiger charge is 2.14. The minimum atomic E-state index is -3.56. The standard InChI is InChI=1S/C18H16N2O4S/c21-10-11-25(23,24)15-6-3-5-14(12-15)19-20-18-16-7-2-1-4-13(16)8-9-17(18)22/h1-9,12,21-22H,10-11H2. The first-order chi connectivity index (χ1) is 12.0. The van der Waals surface area contributed by atoms with Gasteiger partial charge in [0.2, 0.25) is 0 Å². The van der Waals surface area contributed by atoms with E-state index < -0.39 is 16.4 Å². The van der Waals surface area contributed by atoms with E-state index in [0.717, 1.165) is 10.8 Å². The highest BCUT2D eigenvalue weighted by Crippen LogP contribution is 2.36. The number of fused-ring (bicyclic) bond motifs is 1. The molecule has 3 aromatic carbocycles. The van der Waals surface area contributed by atoms with Gasteiger partial charge >= 0.3 is 0 Å². The Bertz CT molecular complexity index is 1050. The van der Waals surface area contributed by atoms with Crippen LogP contribution in [0.2, 0.25) is 0 Å². The van der Waals surface area contributed by atoms with Crippen molar-refractivity contribution in [1.29, 1.82) is 0 Å². The zero-order chi connectivity index (χ0) is 17.9. The monoisotopic (exact) mass is 356 g/mol. The fourth-order valence-corrected chi connectivity index (χ4v) is 3.50. The Kier molecular flexibility index (Phi) is 4.78. The lowest BCUT2D eigenvalue weighted by atomic mass is 10.1. The number of azo groups is 1. The molecular formula is C18H16N2O4S. The van der Waals surface area contributed by atoms with Gasteiger partial charge in [0.15, 0.2) is 9.84 Å². The second-order valence-corrected chi connectivity index (χ2v) is 7.50. The molecule has 0 aliphatic heterocycles. The third-order valence-electron chi connectivity index (χ3n) is 3.68. The molecule has 0 saturated heterocycles. The van der Waals surface area contributed by atoms with E-state index in [1.807, 2.05) is 24.3 Å². The SMILES string of the molecule is O=S(=O)(CCO)c1cccc(N=Nc2c(O)ccc3ccccc23)c1. The summed E-state index contributed by atoms with van der Waals surface area (Å²) in [6, 6.07) is 16.8. The lowest BCUT2D eigenvalue weighted by Crippen LogP contribution is -2.09. The molecule has 0 atom stereocenters. The van der Waals surface area contributed by atoms with Crippen LogP contribution in [0.5, 0.6) is 5.75 Å². The molecule has 0 aliphatic carbocycles. The van der Waals surface area contributed by atoms with E-state index >= 15 is 0 Å². The number of nitrogens with zero attached hydrogens (tertiary/aromatic N) is 2. The fourth-order valence-electron chi connectivity index (χ4n) is 2.43. The van der Waals surface area contributed by atoms with Crippen molar-refractivity contribution in [2.75, 3.05) is 12.4 Å². The van der Waals surface area contributed by atoms with Gasteiger partial charge in [-0.3, -0.25) is 0 Å². The summed E-state index contributed by atoms with van der Waals surface area (Å²) in [7, 11) is -3.56. The molecule has 0 spiro atoms. The van der Waals surface area contributed by atoms with Gasteiger partial charge in [0, 0.05) is 5.39 Å². The Morgan fingerprint density at radius 1 is 0.920 bits per heavy atom. The number of hydrogen-bond acceptors (Lipinski definition) is 6. The van der Waals surface area contributed by atoms with Gasteiger partial charge in [0.1, 0.15) is 11.4 Å². The number of aromatic hydroxyl groups is 1. The Morgan fingerprint density at radius 3 is 2.52 bits per heavy atom. The lowest BCUT2D eigenvalue weighted by Gasteiger charge is -2.04. The summed E-state index contributed by atoms with van der Waals surface area (Å²) in [5.74, 6) is -0.357. The van der Waals surface area contributed by atoms with E-state index in [9.17, 15) is 13.5 Å². The maximum atomic E-state index is 12.0. The summed E-state index contributed by atoms with van der Waals surface area (Å²) in [6.45, 7) is -0.446. The molecule has 25 heavy (non-hydrogen) atoms. The van der Waals surface area contributed by atoms with Crippen molar-refractivity contribution in [1.82, 2.24) is 0 Å². The maximum Gasteiger partial charge on any atom is 0.180 e. The highest BCUT2D eigenvalue weighted by atomic mass is 32.2. The molecule has 0 fully saturated rings. The second kappa shape index (κ2) is 7.00. The summed E-state index contributed by atoms with van der Waals surface area (Å²) in [4.78, 5) is 0.0696. The summed E-state index contributed by atoms with van der Waals surface area (Å²) >= 11 is 0. The van der Waals surface area contributed by atoms with Gasteiger partial charge in [0.25, 0.3) is 0 Å². The van der Waals surface area contributed by atoms with Crippen molar-refractivity contribution >= 4 is 32.0 Å². The van der Waals surface area contributed by atoms with E-state index in [-0.39, 0.29) is 16.4 Å². The second-order valence-electron chi connectivity index (χ2n) is 5.39. The normalized spacial score (nSPS) is 12.0. The van der Waals surface area contributed by atoms with Gasteiger partial charge < -0.3 is 10.2 Å². The molecule has 0 radical (unpaired) electrons. The quantitative estimate of drug-likeness (QED) is 0.680. The van der Waals surface area contributed by atoms with Crippen molar-refractivity contribution in [3.8, 4) is 5.75 Å². The third-order valence-corrected chi connectivity index (χ3v) is 5.37. The number of rotatable bonds is 5. The van der Waals surface area contributed by atoms with E-state index in [4.69, 9.17) is 5.11 Å². The topological polar surface area (TPSA) is 99.3 Å². The van der Waals surface area contributed by atoms with Crippen LogP contribution >= 0.6 is 0 Å². The number of hydrogen-bond donors (Lipinski definition) is 2. The molecular weight excluding hydrogens is 340 g/mol. The molecule has 0 bridgehead atoms. The molecule has 128 valence electrons. The Hall–Kier alpha value is -2.77. The van der Waals surface area contributed by atoms with E-state index in [2.05, 4.69) is 10.2 Å². The first-order valence-corrected chi connectivity index (χ1v) is 9.22. The van der Waals surface area contributed by atoms with Crippen LogP contribution in [0.3, 0.4) is 0 Å². The summed E-state index contributed by atoms with van der Waals surface area (Å²) in [5, 5.41) is 28.7. The fraction of sp³-hybridized carbons (Fsp3) is 0.111. The minimum absolute atomic E-state index is 0.00786. The predicted octanol–water partition coefficient (Wildman–Crippen LogP) is 3.73. The minimum Gasteiger partial charge on any atom is -0.506 e. The van der Waals surface area contributed by atoms with Gasteiger partial charge in [-0.25, -0.2) is 8.42 Å². The smallest absolute Gasteiger partial charge is 0.180 e. The molecule has 2 N–H and O–H groups in total. The molecule has 3 rings (SSSR count). The van der Waals surface area contributed by atoms with Crippen molar-refractivity contribution in [2.24, 2.45) is 10.2 Å². The Morgan fingerprint density at radius 2 is 1.72 bits per heavy atom. The van der Waals surface area contributed by atoms with Crippen LogP contribution in [0.1, 0.15) is 0 Å². The summed E-state index contributed by atoms with van der Waals surface area (Å²) in [5.41, 5.74) is 0.660. The van der Waals surface area contributed by atoms with E-state index in [1.165, 1.54) is 12.1 Å². The van der Waals surface area contributed by atoms with Crippen LogP contribution in [-0.2, 0) is 9.84 Å². The molecule has 0 heterocycles. The molecule has 7 heteroatoms. The van der Waals surface area contributed by atoms with Crippen molar-refractivity contribution < 1.29 is 18.6 Å². The van der Waals surface area contributed by atoms with Crippen LogP contribution in [0.25, 0.3) is 10.8 Å². The zero-order valence-corrected chi connectivity index (χ0v) is 14.0. The van der Waals surface area contributed by atoms with Gasteiger partial charge in [-0.15, -0.1) is 5.11 Å². The maximum absolute atomic E-state index is 12.0. The van der Waals surface area contributed by atoms with E-state index in [0.29, 0.717) is 11.4 Å².